The number of benzene rings is 2. The van der Waals surface area contributed by atoms with Crippen LogP contribution in [0.25, 0.3) is 0 Å². The van der Waals surface area contributed by atoms with Gasteiger partial charge < -0.3 is 10.1 Å². The van der Waals surface area contributed by atoms with Crippen LogP contribution >= 0.6 is 0 Å². The maximum absolute atomic E-state index is 13.0. The summed E-state index contributed by atoms with van der Waals surface area (Å²) in [5.74, 6) is -0.663. The average Bonchev–Trinajstić information content (AvgIpc) is 2.71. The first-order chi connectivity index (χ1) is 13.5. The summed E-state index contributed by atoms with van der Waals surface area (Å²) in [6, 6.07) is 12.4. The highest BCUT2D eigenvalue weighted by Gasteiger charge is 2.25. The Morgan fingerprint density at radius 1 is 1.29 bits per heavy atom. The maximum Gasteiger partial charge on any atom is 0.271 e. The molecule has 0 aliphatic carbocycles. The average molecular weight is 380 g/mol. The summed E-state index contributed by atoms with van der Waals surface area (Å²) in [7, 11) is 1.46. The fourth-order valence-electron chi connectivity index (χ4n) is 2.72. The second-order valence-electron chi connectivity index (χ2n) is 6.11. The first-order valence-electron chi connectivity index (χ1n) is 8.52. The van der Waals surface area contributed by atoms with Crippen LogP contribution in [0.3, 0.4) is 0 Å². The van der Waals surface area contributed by atoms with Crippen molar-refractivity contribution in [3.8, 4) is 11.8 Å². The van der Waals surface area contributed by atoms with E-state index in [9.17, 15) is 14.0 Å². The van der Waals surface area contributed by atoms with Gasteiger partial charge in [-0.15, -0.1) is 0 Å². The number of hydrogen-bond donors (Lipinski definition) is 1. The van der Waals surface area contributed by atoms with Crippen LogP contribution in [0.2, 0.25) is 0 Å². The Bertz CT molecular complexity index is 980. The SMILES string of the molecule is COc1ccc(C#N)cc1NC(=O)C1=NN(Cc2ccc(F)cc2)C(=O)CC1. The molecule has 2 aromatic rings. The second kappa shape index (κ2) is 8.31. The van der Waals surface area contributed by atoms with Crippen molar-refractivity contribution in [2.75, 3.05) is 12.4 Å². The molecule has 0 saturated carbocycles. The van der Waals surface area contributed by atoms with Crippen molar-refractivity contribution >= 4 is 23.2 Å². The molecule has 0 aromatic heterocycles. The summed E-state index contributed by atoms with van der Waals surface area (Å²) >= 11 is 0. The van der Waals surface area contributed by atoms with E-state index in [2.05, 4.69) is 10.4 Å². The predicted molar refractivity (Wildman–Crippen MR) is 100.0 cm³/mol. The molecule has 0 bridgehead atoms. The van der Waals surface area contributed by atoms with Crippen LogP contribution in [0.4, 0.5) is 10.1 Å². The Kier molecular flexibility index (Phi) is 5.65. The van der Waals surface area contributed by atoms with Gasteiger partial charge in [0.05, 0.1) is 31.0 Å². The number of hydrazone groups is 1. The van der Waals surface area contributed by atoms with E-state index in [0.29, 0.717) is 22.6 Å². The molecule has 8 heteroatoms. The third kappa shape index (κ3) is 4.32. The van der Waals surface area contributed by atoms with Gasteiger partial charge in [0.15, 0.2) is 0 Å². The summed E-state index contributed by atoms with van der Waals surface area (Å²) < 4.78 is 18.2. The molecule has 0 unspecified atom stereocenters. The molecule has 0 spiro atoms. The predicted octanol–water partition coefficient (Wildman–Crippen LogP) is 2.82. The van der Waals surface area contributed by atoms with Gasteiger partial charge in [0, 0.05) is 12.8 Å². The van der Waals surface area contributed by atoms with Crippen molar-refractivity contribution in [2.24, 2.45) is 5.10 Å². The molecular weight excluding hydrogens is 363 g/mol. The lowest BCUT2D eigenvalue weighted by Gasteiger charge is -2.23. The molecule has 0 fully saturated rings. The molecule has 1 heterocycles. The maximum atomic E-state index is 13.0. The van der Waals surface area contributed by atoms with E-state index in [1.165, 1.54) is 30.3 Å². The quantitative estimate of drug-likeness (QED) is 0.863. The number of anilines is 1. The number of methoxy groups -OCH3 is 1. The minimum atomic E-state index is -0.481. The lowest BCUT2D eigenvalue weighted by atomic mass is 10.1. The fraction of sp³-hybridized carbons (Fsp3) is 0.200. The van der Waals surface area contributed by atoms with E-state index in [1.807, 2.05) is 6.07 Å². The number of nitrogens with one attached hydrogen (secondary N) is 1. The van der Waals surface area contributed by atoms with Crippen LogP contribution in [0.1, 0.15) is 24.0 Å². The molecule has 3 rings (SSSR count). The Morgan fingerprint density at radius 3 is 2.71 bits per heavy atom. The molecule has 28 heavy (non-hydrogen) atoms. The summed E-state index contributed by atoms with van der Waals surface area (Å²) in [6.07, 6.45) is 0.341. The van der Waals surface area contributed by atoms with Crippen molar-refractivity contribution in [1.82, 2.24) is 5.01 Å². The summed E-state index contributed by atoms with van der Waals surface area (Å²) in [5, 5.41) is 17.1. The van der Waals surface area contributed by atoms with Gasteiger partial charge in [-0.1, -0.05) is 12.1 Å². The van der Waals surface area contributed by atoms with Crippen LogP contribution in [-0.4, -0.2) is 29.6 Å². The van der Waals surface area contributed by atoms with E-state index in [4.69, 9.17) is 10.00 Å². The lowest BCUT2D eigenvalue weighted by molar-refractivity contribution is -0.132. The number of ether oxygens (including phenoxy) is 1. The summed E-state index contributed by atoms with van der Waals surface area (Å²) in [5.41, 5.74) is 1.60. The summed E-state index contributed by atoms with van der Waals surface area (Å²) in [6.45, 7) is 0.142. The van der Waals surface area contributed by atoms with Gasteiger partial charge in [-0.05, 0) is 35.9 Å². The van der Waals surface area contributed by atoms with Gasteiger partial charge in [0.1, 0.15) is 17.3 Å². The Morgan fingerprint density at radius 2 is 2.04 bits per heavy atom. The second-order valence-corrected chi connectivity index (χ2v) is 6.11. The highest BCUT2D eigenvalue weighted by Crippen LogP contribution is 2.25. The molecule has 1 aliphatic heterocycles. The molecule has 1 N–H and O–H groups in total. The standard InChI is InChI=1S/C20H17FN4O3/c1-28-18-8-4-14(11-22)10-17(18)23-20(27)16-7-9-19(26)25(24-16)12-13-2-5-15(21)6-3-13/h2-6,8,10H,7,9,12H2,1H3,(H,23,27). The van der Waals surface area contributed by atoms with Crippen LogP contribution in [0.5, 0.6) is 5.75 Å². The Balaban J connectivity index is 1.78. The van der Waals surface area contributed by atoms with Crippen LogP contribution in [0.15, 0.2) is 47.6 Å². The van der Waals surface area contributed by atoms with E-state index in [0.717, 1.165) is 0 Å². The molecule has 142 valence electrons. The number of rotatable bonds is 5. The smallest absolute Gasteiger partial charge is 0.271 e. The van der Waals surface area contributed by atoms with E-state index >= 15 is 0 Å². The molecule has 0 saturated heterocycles. The zero-order valence-electron chi connectivity index (χ0n) is 15.1. The Labute approximate surface area is 161 Å². The number of carbonyl (C=O) groups is 2. The fourth-order valence-corrected chi connectivity index (χ4v) is 2.72. The minimum Gasteiger partial charge on any atom is -0.495 e. The molecule has 7 nitrogen and oxygen atoms in total. The highest BCUT2D eigenvalue weighted by atomic mass is 19.1. The van der Waals surface area contributed by atoms with E-state index in [-0.39, 0.29) is 36.8 Å². The minimum absolute atomic E-state index is 0.142. The molecule has 0 radical (unpaired) electrons. The third-order valence-electron chi connectivity index (χ3n) is 4.19. The van der Waals surface area contributed by atoms with Crippen molar-refractivity contribution < 1.29 is 18.7 Å². The monoisotopic (exact) mass is 380 g/mol. The van der Waals surface area contributed by atoms with Crippen molar-refractivity contribution in [1.29, 1.82) is 5.26 Å². The van der Waals surface area contributed by atoms with Gasteiger partial charge >= 0.3 is 0 Å². The van der Waals surface area contributed by atoms with Crippen molar-refractivity contribution in [2.45, 2.75) is 19.4 Å². The topological polar surface area (TPSA) is 94.8 Å². The van der Waals surface area contributed by atoms with Gasteiger partial charge in [-0.3, -0.25) is 9.59 Å². The van der Waals surface area contributed by atoms with Gasteiger partial charge in [-0.2, -0.15) is 10.4 Å². The molecule has 2 aromatic carbocycles. The largest absolute Gasteiger partial charge is 0.495 e. The Hall–Kier alpha value is -3.73. The van der Waals surface area contributed by atoms with E-state index < -0.39 is 5.91 Å². The van der Waals surface area contributed by atoms with Gasteiger partial charge in [0.2, 0.25) is 5.91 Å². The van der Waals surface area contributed by atoms with Crippen molar-refractivity contribution in [3.63, 3.8) is 0 Å². The first kappa shape index (κ1) is 19.0. The lowest BCUT2D eigenvalue weighted by Crippen LogP contribution is -2.36. The zero-order valence-corrected chi connectivity index (χ0v) is 15.1. The number of carbonyl (C=O) groups excluding carboxylic acids is 2. The highest BCUT2D eigenvalue weighted by molar-refractivity contribution is 6.43. The van der Waals surface area contributed by atoms with Crippen LogP contribution in [-0.2, 0) is 16.1 Å². The zero-order chi connectivity index (χ0) is 20.1. The number of amides is 2. The van der Waals surface area contributed by atoms with Gasteiger partial charge in [-0.25, -0.2) is 9.40 Å². The normalized spacial score (nSPS) is 13.5. The third-order valence-corrected chi connectivity index (χ3v) is 4.19. The number of nitriles is 1. The first-order valence-corrected chi connectivity index (χ1v) is 8.52. The number of nitrogens with zero attached hydrogens (tertiary/aromatic N) is 3. The van der Waals surface area contributed by atoms with Crippen LogP contribution in [0, 0.1) is 17.1 Å². The van der Waals surface area contributed by atoms with Crippen LogP contribution < -0.4 is 10.1 Å². The van der Waals surface area contributed by atoms with Gasteiger partial charge in [0.25, 0.3) is 5.91 Å². The molecule has 2 amide bonds. The molecular formula is C20H17FN4O3. The molecule has 1 aliphatic rings. The number of hydrogen-bond acceptors (Lipinski definition) is 5. The molecule has 0 atom stereocenters. The summed E-state index contributed by atoms with van der Waals surface area (Å²) in [4.78, 5) is 24.7. The van der Waals surface area contributed by atoms with Crippen molar-refractivity contribution in [3.05, 3.63) is 59.4 Å². The van der Waals surface area contributed by atoms with E-state index in [1.54, 1.807) is 24.3 Å². The number of halogens is 1.